The lowest BCUT2D eigenvalue weighted by Crippen LogP contribution is -2.49. The predicted molar refractivity (Wildman–Crippen MR) is 68.8 cm³/mol. The van der Waals surface area contributed by atoms with Crippen molar-refractivity contribution < 1.29 is 0 Å². The van der Waals surface area contributed by atoms with Crippen LogP contribution in [0.5, 0.6) is 0 Å². The molecule has 1 fully saturated rings. The number of rotatable bonds is 2. The van der Waals surface area contributed by atoms with Crippen LogP contribution in [0.4, 0.5) is 0 Å². The van der Waals surface area contributed by atoms with Gasteiger partial charge in [0, 0.05) is 25.7 Å². The minimum Gasteiger partial charge on any atom is -0.341 e. The first kappa shape index (κ1) is 10.7. The molecule has 0 bridgehead atoms. The molecule has 2 aromatic rings. The molecule has 4 heteroatoms. The van der Waals surface area contributed by atoms with Crippen LogP contribution in [0.2, 0.25) is 0 Å². The fourth-order valence-electron chi connectivity index (χ4n) is 2.39. The maximum absolute atomic E-state index is 4.62. The average molecular weight is 230 g/mol. The summed E-state index contributed by atoms with van der Waals surface area (Å²) >= 11 is 0. The van der Waals surface area contributed by atoms with Gasteiger partial charge in [-0.05, 0) is 19.1 Å². The number of nitrogens with one attached hydrogen (secondary N) is 2. The second-order valence-electron chi connectivity index (χ2n) is 4.72. The number of H-pyrrole nitrogens is 1. The normalized spacial score (nSPS) is 22.1. The lowest BCUT2D eigenvalue weighted by atomic mass is 10.2. The van der Waals surface area contributed by atoms with Crippen LogP contribution < -0.4 is 5.32 Å². The molecule has 0 spiro atoms. The van der Waals surface area contributed by atoms with Crippen LogP contribution in [0, 0.1) is 0 Å². The molecular formula is C13H18N4. The van der Waals surface area contributed by atoms with Crippen LogP contribution in [0.25, 0.3) is 11.0 Å². The lowest BCUT2D eigenvalue weighted by molar-refractivity contribution is 0.162. The Morgan fingerprint density at radius 1 is 1.41 bits per heavy atom. The molecule has 1 atom stereocenters. The van der Waals surface area contributed by atoms with Crippen LogP contribution >= 0.6 is 0 Å². The predicted octanol–water partition coefficient (Wildman–Crippen LogP) is 1.36. The number of aromatic nitrogens is 2. The Labute approximate surface area is 101 Å². The van der Waals surface area contributed by atoms with Gasteiger partial charge in [0.15, 0.2) is 0 Å². The molecule has 2 heterocycles. The highest BCUT2D eigenvalue weighted by atomic mass is 15.2. The Hall–Kier alpha value is -1.39. The smallest absolute Gasteiger partial charge is 0.121 e. The molecule has 3 rings (SSSR count). The van der Waals surface area contributed by atoms with E-state index in [1.165, 1.54) is 0 Å². The van der Waals surface area contributed by atoms with E-state index in [0.29, 0.717) is 6.04 Å². The van der Waals surface area contributed by atoms with Crippen LogP contribution in [-0.2, 0) is 6.54 Å². The van der Waals surface area contributed by atoms with Gasteiger partial charge in [0.25, 0.3) is 0 Å². The van der Waals surface area contributed by atoms with Gasteiger partial charge >= 0.3 is 0 Å². The number of imidazole rings is 1. The van der Waals surface area contributed by atoms with E-state index in [2.05, 4.69) is 39.2 Å². The van der Waals surface area contributed by atoms with Gasteiger partial charge in [0.1, 0.15) is 5.82 Å². The zero-order valence-corrected chi connectivity index (χ0v) is 10.1. The van der Waals surface area contributed by atoms with E-state index < -0.39 is 0 Å². The number of hydrogen-bond donors (Lipinski definition) is 2. The third-order valence-corrected chi connectivity index (χ3v) is 3.43. The highest BCUT2D eigenvalue weighted by Crippen LogP contribution is 2.13. The quantitative estimate of drug-likeness (QED) is 0.818. The SMILES string of the molecule is C[C@H]1CNCCN1Cc1nc2ccccc2[nH]1. The molecule has 90 valence electrons. The van der Waals surface area contributed by atoms with E-state index in [1.54, 1.807) is 0 Å². The van der Waals surface area contributed by atoms with Crippen molar-refractivity contribution in [2.24, 2.45) is 0 Å². The maximum atomic E-state index is 4.62. The molecule has 2 N–H and O–H groups in total. The van der Waals surface area contributed by atoms with Gasteiger partial charge in [-0.3, -0.25) is 4.90 Å². The molecule has 0 aliphatic carbocycles. The second kappa shape index (κ2) is 4.47. The minimum absolute atomic E-state index is 0.581. The van der Waals surface area contributed by atoms with Gasteiger partial charge in [-0.25, -0.2) is 4.98 Å². The summed E-state index contributed by atoms with van der Waals surface area (Å²) in [5.41, 5.74) is 2.19. The van der Waals surface area contributed by atoms with Gasteiger partial charge in [-0.1, -0.05) is 12.1 Å². The van der Waals surface area contributed by atoms with Gasteiger partial charge in [-0.15, -0.1) is 0 Å². The summed E-state index contributed by atoms with van der Waals surface area (Å²) in [6, 6.07) is 8.78. The standard InChI is InChI=1S/C13H18N4/c1-10-8-14-6-7-17(10)9-13-15-11-4-2-3-5-12(11)16-13/h2-5,10,14H,6-9H2,1H3,(H,15,16)/t10-/m0/s1. The number of hydrogen-bond acceptors (Lipinski definition) is 3. The van der Waals surface area contributed by atoms with Crippen molar-refractivity contribution in [1.29, 1.82) is 0 Å². The Morgan fingerprint density at radius 3 is 3.12 bits per heavy atom. The summed E-state index contributed by atoms with van der Waals surface area (Å²) in [4.78, 5) is 10.5. The Kier molecular flexibility index (Phi) is 2.82. The van der Waals surface area contributed by atoms with E-state index in [1.807, 2.05) is 12.1 Å². The zero-order valence-electron chi connectivity index (χ0n) is 10.1. The number of piperazine rings is 1. The van der Waals surface area contributed by atoms with Gasteiger partial charge < -0.3 is 10.3 Å². The topological polar surface area (TPSA) is 44.0 Å². The molecule has 0 amide bonds. The minimum atomic E-state index is 0.581. The van der Waals surface area contributed by atoms with E-state index in [-0.39, 0.29) is 0 Å². The van der Waals surface area contributed by atoms with Gasteiger partial charge in [0.05, 0.1) is 17.6 Å². The molecule has 1 aliphatic rings. The largest absolute Gasteiger partial charge is 0.341 e. The average Bonchev–Trinajstić information content (AvgIpc) is 2.74. The number of aromatic amines is 1. The molecule has 0 saturated carbocycles. The molecule has 0 unspecified atom stereocenters. The van der Waals surface area contributed by atoms with Gasteiger partial charge in [0.2, 0.25) is 0 Å². The molecule has 4 nitrogen and oxygen atoms in total. The van der Waals surface area contributed by atoms with Crippen molar-refractivity contribution in [3.05, 3.63) is 30.1 Å². The Balaban J connectivity index is 1.79. The second-order valence-corrected chi connectivity index (χ2v) is 4.72. The first-order valence-electron chi connectivity index (χ1n) is 6.21. The van der Waals surface area contributed by atoms with Crippen molar-refractivity contribution in [3.63, 3.8) is 0 Å². The maximum Gasteiger partial charge on any atom is 0.121 e. The summed E-state index contributed by atoms with van der Waals surface area (Å²) < 4.78 is 0. The molecule has 1 saturated heterocycles. The zero-order chi connectivity index (χ0) is 11.7. The highest BCUT2D eigenvalue weighted by Gasteiger charge is 2.18. The van der Waals surface area contributed by atoms with E-state index >= 15 is 0 Å². The number of para-hydroxylation sites is 2. The summed E-state index contributed by atoms with van der Waals surface area (Å²) in [6.45, 7) is 6.41. The number of benzene rings is 1. The van der Waals surface area contributed by atoms with Crippen molar-refractivity contribution in [1.82, 2.24) is 20.2 Å². The van der Waals surface area contributed by atoms with Gasteiger partial charge in [-0.2, -0.15) is 0 Å². The molecule has 1 aromatic carbocycles. The Bertz CT molecular complexity index is 472. The van der Waals surface area contributed by atoms with Crippen molar-refractivity contribution in [2.45, 2.75) is 19.5 Å². The lowest BCUT2D eigenvalue weighted by Gasteiger charge is -2.33. The third-order valence-electron chi connectivity index (χ3n) is 3.43. The molecule has 0 radical (unpaired) electrons. The Morgan fingerprint density at radius 2 is 2.29 bits per heavy atom. The first-order valence-corrected chi connectivity index (χ1v) is 6.21. The summed E-state index contributed by atoms with van der Waals surface area (Å²) in [7, 11) is 0. The molecular weight excluding hydrogens is 212 g/mol. The van der Waals surface area contributed by atoms with Crippen LogP contribution in [0.3, 0.4) is 0 Å². The summed E-state index contributed by atoms with van der Waals surface area (Å²) in [5, 5.41) is 3.40. The van der Waals surface area contributed by atoms with Crippen molar-refractivity contribution in [3.8, 4) is 0 Å². The molecule has 1 aliphatic heterocycles. The number of nitrogens with zero attached hydrogens (tertiary/aromatic N) is 2. The van der Waals surface area contributed by atoms with Crippen LogP contribution in [0.15, 0.2) is 24.3 Å². The fourth-order valence-corrected chi connectivity index (χ4v) is 2.39. The highest BCUT2D eigenvalue weighted by molar-refractivity contribution is 5.74. The molecule has 1 aromatic heterocycles. The monoisotopic (exact) mass is 230 g/mol. The van der Waals surface area contributed by atoms with E-state index in [9.17, 15) is 0 Å². The first-order chi connectivity index (χ1) is 8.33. The third kappa shape index (κ3) is 2.18. The molecule has 17 heavy (non-hydrogen) atoms. The van der Waals surface area contributed by atoms with Crippen LogP contribution in [-0.4, -0.2) is 40.5 Å². The summed E-state index contributed by atoms with van der Waals surface area (Å²) in [5.74, 6) is 1.07. The summed E-state index contributed by atoms with van der Waals surface area (Å²) in [6.07, 6.45) is 0. The van der Waals surface area contributed by atoms with Crippen molar-refractivity contribution in [2.75, 3.05) is 19.6 Å². The van der Waals surface area contributed by atoms with Crippen molar-refractivity contribution >= 4 is 11.0 Å². The fraction of sp³-hybridized carbons (Fsp3) is 0.462. The van der Waals surface area contributed by atoms with E-state index in [4.69, 9.17) is 0 Å². The van der Waals surface area contributed by atoms with Crippen LogP contribution in [0.1, 0.15) is 12.7 Å². The number of fused-ring (bicyclic) bond motifs is 1. The van der Waals surface area contributed by atoms with E-state index in [0.717, 1.165) is 43.0 Å².